The maximum atomic E-state index is 13.0. The summed E-state index contributed by atoms with van der Waals surface area (Å²) in [6.45, 7) is 0. The van der Waals surface area contributed by atoms with Crippen molar-refractivity contribution >= 4 is 22.6 Å². The van der Waals surface area contributed by atoms with Gasteiger partial charge in [-0.3, -0.25) is 9.59 Å². The van der Waals surface area contributed by atoms with Gasteiger partial charge in [0, 0.05) is 17.4 Å². The lowest BCUT2D eigenvalue weighted by atomic mass is 9.86. The number of hydrogen-bond donors (Lipinski definition) is 2. The van der Waals surface area contributed by atoms with Gasteiger partial charge in [0.05, 0.1) is 10.9 Å². The molecule has 0 unspecified atom stereocenters. The van der Waals surface area contributed by atoms with Crippen LogP contribution >= 0.6 is 0 Å². The fourth-order valence-corrected chi connectivity index (χ4v) is 5.28. The molecule has 5 rings (SSSR count). The lowest BCUT2D eigenvalue weighted by Crippen LogP contribution is -2.36. The number of amides is 1. The van der Waals surface area contributed by atoms with Crippen LogP contribution in [-0.4, -0.2) is 26.9 Å². The fourth-order valence-electron chi connectivity index (χ4n) is 5.28. The van der Waals surface area contributed by atoms with Crippen molar-refractivity contribution in [2.45, 2.75) is 32.1 Å². The molecule has 0 spiro atoms. The van der Waals surface area contributed by atoms with Crippen LogP contribution in [0, 0.1) is 17.8 Å². The third-order valence-electron chi connectivity index (χ3n) is 6.77. The van der Waals surface area contributed by atoms with Gasteiger partial charge in [-0.05, 0) is 55.2 Å². The van der Waals surface area contributed by atoms with Crippen LogP contribution in [0.2, 0.25) is 0 Å². The van der Waals surface area contributed by atoms with Crippen molar-refractivity contribution in [3.63, 3.8) is 0 Å². The minimum absolute atomic E-state index is 0.167. The zero-order valence-corrected chi connectivity index (χ0v) is 17.0. The van der Waals surface area contributed by atoms with Crippen molar-refractivity contribution in [2.75, 3.05) is 5.43 Å². The molecule has 2 aromatic carbocycles. The van der Waals surface area contributed by atoms with Gasteiger partial charge < -0.3 is 5.11 Å². The van der Waals surface area contributed by atoms with Crippen molar-refractivity contribution in [3.8, 4) is 11.3 Å². The number of benzene rings is 2. The second-order valence-corrected chi connectivity index (χ2v) is 8.67. The number of fused-ring (bicyclic) bond motifs is 3. The maximum Gasteiger partial charge on any atom is 0.335 e. The molecule has 3 aromatic rings. The Labute approximate surface area is 178 Å². The predicted octanol–water partition coefficient (Wildman–Crippen LogP) is 3.66. The number of hydrogen-bond acceptors (Lipinski definition) is 4. The van der Waals surface area contributed by atoms with Crippen LogP contribution in [-0.2, 0) is 4.79 Å². The number of carboxylic acid groups (broad SMARTS) is 1. The summed E-state index contributed by atoms with van der Waals surface area (Å²) in [6, 6.07) is 13.4. The van der Waals surface area contributed by atoms with Crippen LogP contribution in [0.5, 0.6) is 0 Å². The highest BCUT2D eigenvalue weighted by Gasteiger charge is 2.40. The highest BCUT2D eigenvalue weighted by molar-refractivity contribution is 5.95. The monoisotopic (exact) mass is 417 g/mol. The Morgan fingerprint density at radius 3 is 2.42 bits per heavy atom. The molecule has 2 aliphatic rings. The molecule has 0 aliphatic heterocycles. The molecule has 3 atom stereocenters. The van der Waals surface area contributed by atoms with Gasteiger partial charge in [-0.1, -0.05) is 36.8 Å². The minimum Gasteiger partial charge on any atom is -0.478 e. The number of carbonyl (C=O) groups is 2. The Morgan fingerprint density at radius 1 is 1.03 bits per heavy atom. The molecule has 1 heterocycles. The summed E-state index contributed by atoms with van der Waals surface area (Å²) >= 11 is 0. The van der Waals surface area contributed by atoms with Crippen LogP contribution in [0.4, 0.5) is 0 Å². The van der Waals surface area contributed by atoms with Gasteiger partial charge in [-0.2, -0.15) is 0 Å². The number of rotatable bonds is 5. The van der Waals surface area contributed by atoms with Crippen LogP contribution in [0.15, 0.2) is 53.3 Å². The molecule has 158 valence electrons. The first kappa shape index (κ1) is 19.5. The number of aromatic carboxylic acids is 1. The predicted molar refractivity (Wildman–Crippen MR) is 116 cm³/mol. The van der Waals surface area contributed by atoms with Crippen molar-refractivity contribution in [1.82, 2.24) is 9.89 Å². The first-order chi connectivity index (χ1) is 15.0. The molecular weight excluding hydrogens is 394 g/mol. The second kappa shape index (κ2) is 7.65. The number of nitrogens with one attached hydrogen (secondary N) is 1. The summed E-state index contributed by atoms with van der Waals surface area (Å²) < 4.78 is 0. The summed E-state index contributed by atoms with van der Waals surface area (Å²) in [5.41, 5.74) is 3.64. The van der Waals surface area contributed by atoms with Crippen LogP contribution in [0.3, 0.4) is 0 Å². The van der Waals surface area contributed by atoms with Gasteiger partial charge in [0.15, 0.2) is 0 Å². The summed E-state index contributed by atoms with van der Waals surface area (Å²) in [7, 11) is 0. The van der Waals surface area contributed by atoms with Crippen molar-refractivity contribution in [1.29, 1.82) is 0 Å². The lowest BCUT2D eigenvalue weighted by molar-refractivity contribution is -0.118. The van der Waals surface area contributed by atoms with Crippen molar-refractivity contribution in [3.05, 3.63) is 64.4 Å². The SMILES string of the molecule is O=C(C[C@H]1C[C@@H]2CC[C@H]1C2)Nn1nc(-c2ccc(C(=O)O)cc2)c2ccccc2c1=O. The van der Waals surface area contributed by atoms with E-state index in [0.29, 0.717) is 40.3 Å². The molecule has 7 nitrogen and oxygen atoms in total. The van der Waals surface area contributed by atoms with Gasteiger partial charge in [-0.15, -0.1) is 9.89 Å². The van der Waals surface area contributed by atoms with E-state index in [4.69, 9.17) is 5.11 Å². The second-order valence-electron chi connectivity index (χ2n) is 8.67. The highest BCUT2D eigenvalue weighted by atomic mass is 16.4. The zero-order valence-electron chi connectivity index (χ0n) is 17.0. The normalized spacial score (nSPS) is 22.0. The Kier molecular flexibility index (Phi) is 4.81. The van der Waals surface area contributed by atoms with E-state index in [2.05, 4.69) is 10.5 Å². The van der Waals surface area contributed by atoms with E-state index in [1.54, 1.807) is 30.3 Å². The van der Waals surface area contributed by atoms with Crippen LogP contribution in [0.25, 0.3) is 22.0 Å². The third kappa shape index (κ3) is 3.60. The molecular formula is C24H23N3O4. The largest absolute Gasteiger partial charge is 0.478 e. The molecule has 1 amide bonds. The number of aromatic nitrogens is 2. The van der Waals surface area contributed by atoms with E-state index < -0.39 is 5.97 Å². The van der Waals surface area contributed by atoms with Gasteiger partial charge in [0.2, 0.25) is 5.91 Å². The van der Waals surface area contributed by atoms with Gasteiger partial charge in [0.1, 0.15) is 5.69 Å². The number of carboxylic acids is 1. The Bertz CT molecular complexity index is 1230. The minimum atomic E-state index is -1.01. The Morgan fingerprint density at radius 2 is 1.77 bits per heavy atom. The molecule has 2 bridgehead atoms. The van der Waals surface area contributed by atoms with Crippen LogP contribution < -0.4 is 11.0 Å². The van der Waals surface area contributed by atoms with Crippen molar-refractivity contribution < 1.29 is 14.7 Å². The van der Waals surface area contributed by atoms with E-state index >= 15 is 0 Å². The Balaban J connectivity index is 1.48. The number of carbonyl (C=O) groups excluding carboxylic acids is 1. The molecule has 0 radical (unpaired) electrons. The molecule has 2 saturated carbocycles. The zero-order chi connectivity index (χ0) is 21.5. The summed E-state index contributed by atoms with van der Waals surface area (Å²) in [6.07, 6.45) is 5.21. The highest BCUT2D eigenvalue weighted by Crippen LogP contribution is 2.49. The van der Waals surface area contributed by atoms with E-state index in [1.807, 2.05) is 6.07 Å². The smallest absolute Gasteiger partial charge is 0.335 e. The third-order valence-corrected chi connectivity index (χ3v) is 6.77. The maximum absolute atomic E-state index is 13.0. The van der Waals surface area contributed by atoms with Crippen LogP contribution in [0.1, 0.15) is 42.5 Å². The Hall–Kier alpha value is -3.48. The van der Waals surface area contributed by atoms with Crippen molar-refractivity contribution in [2.24, 2.45) is 17.8 Å². The molecule has 7 heteroatoms. The molecule has 1 aromatic heterocycles. The first-order valence-electron chi connectivity index (χ1n) is 10.7. The molecule has 31 heavy (non-hydrogen) atoms. The summed E-state index contributed by atoms with van der Waals surface area (Å²) in [4.78, 5) is 37.9. The quantitative estimate of drug-likeness (QED) is 0.660. The molecule has 0 saturated heterocycles. The topological polar surface area (TPSA) is 101 Å². The summed E-state index contributed by atoms with van der Waals surface area (Å²) in [5, 5.41) is 14.7. The number of nitrogens with zero attached hydrogens (tertiary/aromatic N) is 2. The molecule has 2 fully saturated rings. The van der Waals surface area contributed by atoms with E-state index in [-0.39, 0.29) is 17.0 Å². The average molecular weight is 417 g/mol. The standard InChI is InChI=1S/C24H23N3O4/c28-21(13-18-12-14-5-6-17(18)11-14)25-27-23(29)20-4-2-1-3-19(20)22(26-27)15-7-9-16(10-8-15)24(30)31/h1-4,7-10,14,17-18H,5-6,11-13H2,(H,25,28)(H,30,31)/t14-,17+,18-/m1/s1. The molecule has 2 N–H and O–H groups in total. The van der Waals surface area contributed by atoms with E-state index in [0.717, 1.165) is 17.1 Å². The van der Waals surface area contributed by atoms with E-state index in [1.165, 1.54) is 31.4 Å². The fraction of sp³-hybridized carbons (Fsp3) is 0.333. The lowest BCUT2D eigenvalue weighted by Gasteiger charge is -2.21. The van der Waals surface area contributed by atoms with Gasteiger partial charge >= 0.3 is 5.97 Å². The van der Waals surface area contributed by atoms with E-state index in [9.17, 15) is 14.4 Å². The van der Waals surface area contributed by atoms with Gasteiger partial charge in [-0.25, -0.2) is 10.2 Å². The average Bonchev–Trinajstić information content (AvgIpc) is 3.39. The summed E-state index contributed by atoms with van der Waals surface area (Å²) in [5.74, 6) is 0.555. The van der Waals surface area contributed by atoms with Gasteiger partial charge in [0.25, 0.3) is 5.56 Å². The first-order valence-corrected chi connectivity index (χ1v) is 10.7. The molecule has 2 aliphatic carbocycles.